The van der Waals surface area contributed by atoms with Gasteiger partial charge in [-0.05, 0) is 23.8 Å². The minimum atomic E-state index is -3.58. The van der Waals surface area contributed by atoms with Gasteiger partial charge in [0.2, 0.25) is 10.0 Å². The highest BCUT2D eigenvalue weighted by Crippen LogP contribution is 2.30. The zero-order valence-electron chi connectivity index (χ0n) is 9.95. The molecule has 1 aliphatic rings. The number of hydrogen-bond donors (Lipinski definition) is 0. The summed E-state index contributed by atoms with van der Waals surface area (Å²) in [4.78, 5) is 4.34. The fraction of sp³-hybridized carbons (Fsp3) is 0.154. The van der Waals surface area contributed by atoms with Crippen LogP contribution in [0.2, 0.25) is 5.02 Å². The number of halogens is 1. The Balaban J connectivity index is 1.99. The molecule has 0 N–H and O–H groups in total. The van der Waals surface area contributed by atoms with Crippen LogP contribution >= 0.6 is 11.6 Å². The summed E-state index contributed by atoms with van der Waals surface area (Å²) in [7, 11) is -3.58. The Labute approximate surface area is 116 Å². The van der Waals surface area contributed by atoms with Crippen molar-refractivity contribution in [2.75, 3.05) is 0 Å². The molecule has 2 aromatic rings. The molecule has 6 heteroatoms. The lowest BCUT2D eigenvalue weighted by Gasteiger charge is -2.16. The monoisotopic (exact) mass is 294 g/mol. The van der Waals surface area contributed by atoms with E-state index >= 15 is 0 Å². The molecule has 0 saturated carbocycles. The third-order valence-corrected chi connectivity index (χ3v) is 5.40. The van der Waals surface area contributed by atoms with E-state index in [0.29, 0.717) is 13.1 Å². The van der Waals surface area contributed by atoms with Gasteiger partial charge in [0, 0.05) is 12.7 Å². The fourth-order valence-corrected chi connectivity index (χ4v) is 4.01. The molecule has 0 spiro atoms. The van der Waals surface area contributed by atoms with Gasteiger partial charge < -0.3 is 0 Å². The minimum absolute atomic E-state index is 0.143. The van der Waals surface area contributed by atoms with E-state index in [1.807, 2.05) is 12.1 Å². The summed E-state index contributed by atoms with van der Waals surface area (Å²) in [6.07, 6.45) is 1.67. The molecule has 0 unspecified atom stereocenters. The predicted molar refractivity (Wildman–Crippen MR) is 72.1 cm³/mol. The molecule has 0 saturated heterocycles. The van der Waals surface area contributed by atoms with Gasteiger partial charge in [0.1, 0.15) is 4.90 Å². The van der Waals surface area contributed by atoms with Gasteiger partial charge in [-0.3, -0.25) is 4.98 Å². The molecule has 2 heterocycles. The van der Waals surface area contributed by atoms with Crippen LogP contribution in [0.4, 0.5) is 0 Å². The van der Waals surface area contributed by atoms with E-state index in [1.165, 1.54) is 10.4 Å². The lowest BCUT2D eigenvalue weighted by molar-refractivity contribution is 0.430. The van der Waals surface area contributed by atoms with Gasteiger partial charge in [-0.15, -0.1) is 0 Å². The van der Waals surface area contributed by atoms with E-state index in [9.17, 15) is 8.42 Å². The second kappa shape index (κ2) is 4.59. The van der Waals surface area contributed by atoms with E-state index in [4.69, 9.17) is 11.6 Å². The molecule has 0 radical (unpaired) electrons. The smallest absolute Gasteiger partial charge is 0.245 e. The van der Waals surface area contributed by atoms with E-state index in [2.05, 4.69) is 4.98 Å². The van der Waals surface area contributed by atoms with Crippen LogP contribution in [-0.4, -0.2) is 17.7 Å². The van der Waals surface area contributed by atoms with E-state index in [0.717, 1.165) is 11.3 Å². The van der Waals surface area contributed by atoms with Crippen molar-refractivity contribution in [2.24, 2.45) is 0 Å². The van der Waals surface area contributed by atoms with E-state index in [-0.39, 0.29) is 9.92 Å². The van der Waals surface area contributed by atoms with Gasteiger partial charge in [-0.2, -0.15) is 4.31 Å². The number of rotatable bonds is 2. The van der Waals surface area contributed by atoms with Gasteiger partial charge in [0.15, 0.2) is 0 Å². The van der Waals surface area contributed by atoms with Gasteiger partial charge in [0.05, 0.1) is 17.3 Å². The third kappa shape index (κ3) is 2.14. The second-order valence-corrected chi connectivity index (χ2v) is 6.63. The summed E-state index contributed by atoms with van der Waals surface area (Å²) in [5.41, 5.74) is 1.75. The highest BCUT2D eigenvalue weighted by atomic mass is 35.5. The van der Waals surface area contributed by atoms with Crippen LogP contribution in [0.5, 0.6) is 0 Å². The molecule has 1 aromatic heterocycles. The molecular weight excluding hydrogens is 284 g/mol. The minimum Gasteiger partial charge on any atom is -0.260 e. The van der Waals surface area contributed by atoms with Gasteiger partial charge in [-0.25, -0.2) is 8.42 Å². The van der Waals surface area contributed by atoms with E-state index in [1.54, 1.807) is 24.4 Å². The second-order valence-electron chi connectivity index (χ2n) is 4.31. The maximum atomic E-state index is 12.5. The Morgan fingerprint density at radius 3 is 2.63 bits per heavy atom. The first-order chi connectivity index (χ1) is 9.09. The maximum Gasteiger partial charge on any atom is 0.245 e. The van der Waals surface area contributed by atoms with Crippen LogP contribution in [-0.2, 0) is 23.1 Å². The lowest BCUT2D eigenvalue weighted by Crippen LogP contribution is -2.26. The Hall–Kier alpha value is -1.43. The SMILES string of the molecule is O=S(=O)(c1ccccc1Cl)N1Cc2cccnc2C1. The number of hydrogen-bond acceptors (Lipinski definition) is 3. The average molecular weight is 295 g/mol. The first-order valence-corrected chi connectivity index (χ1v) is 7.58. The molecule has 1 aromatic carbocycles. The third-order valence-electron chi connectivity index (χ3n) is 3.11. The van der Waals surface area contributed by atoms with Crippen molar-refractivity contribution < 1.29 is 8.42 Å². The van der Waals surface area contributed by atoms with Crippen molar-refractivity contribution in [2.45, 2.75) is 18.0 Å². The molecule has 0 bridgehead atoms. The summed E-state index contributed by atoms with van der Waals surface area (Å²) in [5.74, 6) is 0. The molecule has 1 aliphatic heterocycles. The van der Waals surface area contributed by atoms with Crippen LogP contribution in [0.25, 0.3) is 0 Å². The van der Waals surface area contributed by atoms with Crippen molar-refractivity contribution in [1.29, 1.82) is 0 Å². The molecule has 4 nitrogen and oxygen atoms in total. The van der Waals surface area contributed by atoms with Crippen molar-refractivity contribution >= 4 is 21.6 Å². The molecule has 0 fully saturated rings. The molecule has 3 rings (SSSR count). The number of aromatic nitrogens is 1. The van der Waals surface area contributed by atoms with Gasteiger partial charge in [-0.1, -0.05) is 29.8 Å². The highest BCUT2D eigenvalue weighted by Gasteiger charge is 2.32. The van der Waals surface area contributed by atoms with Crippen LogP contribution in [0.1, 0.15) is 11.3 Å². The van der Waals surface area contributed by atoms with Gasteiger partial charge in [0.25, 0.3) is 0 Å². The highest BCUT2D eigenvalue weighted by molar-refractivity contribution is 7.89. The number of nitrogens with zero attached hydrogens (tertiary/aromatic N) is 2. The zero-order chi connectivity index (χ0) is 13.5. The molecular formula is C13H11ClN2O2S. The molecule has 0 amide bonds. The normalized spacial score (nSPS) is 15.4. The Morgan fingerprint density at radius 2 is 1.89 bits per heavy atom. The van der Waals surface area contributed by atoms with Crippen molar-refractivity contribution in [1.82, 2.24) is 9.29 Å². The van der Waals surface area contributed by atoms with Crippen LogP contribution in [0, 0.1) is 0 Å². The summed E-state index contributed by atoms with van der Waals surface area (Å²) in [6.45, 7) is 0.639. The Kier molecular flexibility index (Phi) is 3.05. The quantitative estimate of drug-likeness (QED) is 0.855. The number of benzene rings is 1. The van der Waals surface area contributed by atoms with Gasteiger partial charge >= 0.3 is 0 Å². The van der Waals surface area contributed by atoms with E-state index < -0.39 is 10.0 Å². The number of pyridine rings is 1. The van der Waals surface area contributed by atoms with Crippen molar-refractivity contribution in [3.05, 3.63) is 58.9 Å². The zero-order valence-corrected chi connectivity index (χ0v) is 11.5. The predicted octanol–water partition coefficient (Wildman–Crippen LogP) is 2.44. The Morgan fingerprint density at radius 1 is 1.11 bits per heavy atom. The van der Waals surface area contributed by atoms with Crippen molar-refractivity contribution in [3.63, 3.8) is 0 Å². The summed E-state index contributed by atoms with van der Waals surface area (Å²) in [5, 5.41) is 0.242. The first kappa shape index (κ1) is 12.6. The molecule has 0 atom stereocenters. The number of sulfonamides is 1. The molecule has 0 aliphatic carbocycles. The lowest BCUT2D eigenvalue weighted by atomic mass is 10.2. The summed E-state index contributed by atoms with van der Waals surface area (Å²) < 4.78 is 26.5. The fourth-order valence-electron chi connectivity index (χ4n) is 2.13. The Bertz CT molecular complexity index is 706. The maximum absolute atomic E-state index is 12.5. The number of fused-ring (bicyclic) bond motifs is 1. The van der Waals surface area contributed by atoms with Crippen LogP contribution in [0.15, 0.2) is 47.5 Å². The molecule has 98 valence electrons. The topological polar surface area (TPSA) is 50.3 Å². The average Bonchev–Trinajstić information content (AvgIpc) is 2.83. The largest absolute Gasteiger partial charge is 0.260 e. The first-order valence-electron chi connectivity index (χ1n) is 5.76. The van der Waals surface area contributed by atoms with Crippen molar-refractivity contribution in [3.8, 4) is 0 Å². The van der Waals surface area contributed by atoms with Crippen LogP contribution < -0.4 is 0 Å². The van der Waals surface area contributed by atoms with Crippen LogP contribution in [0.3, 0.4) is 0 Å². The molecule has 19 heavy (non-hydrogen) atoms. The standard InChI is InChI=1S/C13H11ClN2O2S/c14-11-5-1-2-6-13(11)19(17,18)16-8-10-4-3-7-15-12(10)9-16/h1-7H,8-9H2. The summed E-state index contributed by atoms with van der Waals surface area (Å²) >= 11 is 5.98. The summed E-state index contributed by atoms with van der Waals surface area (Å²) in [6, 6.07) is 10.2.